The van der Waals surface area contributed by atoms with Gasteiger partial charge in [0.15, 0.2) is 0 Å². The van der Waals surface area contributed by atoms with E-state index < -0.39 is 0 Å². The topological polar surface area (TPSA) is 29.3 Å². The molecule has 0 saturated heterocycles. The molecule has 0 bridgehead atoms. The van der Waals surface area contributed by atoms with E-state index in [1.165, 1.54) is 12.1 Å². The Morgan fingerprint density at radius 1 is 1.22 bits per heavy atom. The number of rotatable bonds is 3. The second kappa shape index (κ2) is 5.27. The lowest BCUT2D eigenvalue weighted by atomic mass is 10.2. The number of benzene rings is 2. The van der Waals surface area contributed by atoms with Crippen LogP contribution in [0.4, 0.5) is 15.8 Å². The molecule has 2 aromatic rings. The fourth-order valence-corrected chi connectivity index (χ4v) is 2.05. The number of nitrogens with two attached hydrogens (primary N) is 1. The highest BCUT2D eigenvalue weighted by atomic mass is 35.5. The minimum atomic E-state index is -0.294. The zero-order valence-electron chi connectivity index (χ0n) is 10.0. The van der Waals surface area contributed by atoms with Crippen LogP contribution in [-0.2, 0) is 6.54 Å². The number of nitrogen functional groups attached to an aromatic ring is 1. The molecule has 0 amide bonds. The molecule has 0 spiro atoms. The summed E-state index contributed by atoms with van der Waals surface area (Å²) in [6.45, 7) is 0.619. The number of hydrogen-bond acceptors (Lipinski definition) is 2. The highest BCUT2D eigenvalue weighted by molar-refractivity contribution is 6.30. The summed E-state index contributed by atoms with van der Waals surface area (Å²) in [7, 11) is 1.87. The average Bonchev–Trinajstić information content (AvgIpc) is 2.32. The minimum Gasteiger partial charge on any atom is -0.397 e. The Kier molecular flexibility index (Phi) is 3.72. The molecule has 0 aliphatic heterocycles. The van der Waals surface area contributed by atoms with Crippen LogP contribution >= 0.6 is 11.6 Å². The van der Waals surface area contributed by atoms with E-state index >= 15 is 0 Å². The fourth-order valence-electron chi connectivity index (χ4n) is 1.84. The van der Waals surface area contributed by atoms with Gasteiger partial charge in [0.1, 0.15) is 5.82 Å². The third-order valence-electron chi connectivity index (χ3n) is 2.71. The second-order valence-electron chi connectivity index (χ2n) is 4.19. The summed E-state index contributed by atoms with van der Waals surface area (Å²) in [5.41, 5.74) is 8.12. The van der Waals surface area contributed by atoms with Crippen LogP contribution in [0.5, 0.6) is 0 Å². The monoisotopic (exact) mass is 264 g/mol. The first-order valence-electron chi connectivity index (χ1n) is 5.57. The van der Waals surface area contributed by atoms with Gasteiger partial charge in [-0.15, -0.1) is 0 Å². The lowest BCUT2D eigenvalue weighted by Crippen LogP contribution is -2.18. The SMILES string of the molecule is CN(Cc1cccc(Cl)c1)c1cc(F)ccc1N. The van der Waals surface area contributed by atoms with Gasteiger partial charge < -0.3 is 10.6 Å². The molecule has 0 aliphatic carbocycles. The molecule has 0 heterocycles. The molecule has 94 valence electrons. The normalized spacial score (nSPS) is 10.4. The van der Waals surface area contributed by atoms with E-state index in [9.17, 15) is 4.39 Å². The fraction of sp³-hybridized carbons (Fsp3) is 0.143. The Morgan fingerprint density at radius 2 is 2.00 bits per heavy atom. The Morgan fingerprint density at radius 3 is 2.72 bits per heavy atom. The van der Waals surface area contributed by atoms with Gasteiger partial charge >= 0.3 is 0 Å². The van der Waals surface area contributed by atoms with E-state index in [0.29, 0.717) is 22.9 Å². The lowest BCUT2D eigenvalue weighted by molar-refractivity contribution is 0.627. The van der Waals surface area contributed by atoms with Crippen molar-refractivity contribution in [1.82, 2.24) is 0 Å². The molecule has 0 unspecified atom stereocenters. The zero-order chi connectivity index (χ0) is 13.1. The lowest BCUT2D eigenvalue weighted by Gasteiger charge is -2.21. The van der Waals surface area contributed by atoms with Crippen LogP contribution in [0.25, 0.3) is 0 Å². The third kappa shape index (κ3) is 2.93. The summed E-state index contributed by atoms with van der Waals surface area (Å²) in [5.74, 6) is -0.294. The molecule has 0 aromatic heterocycles. The van der Waals surface area contributed by atoms with Crippen LogP contribution < -0.4 is 10.6 Å². The molecule has 18 heavy (non-hydrogen) atoms. The highest BCUT2D eigenvalue weighted by Gasteiger charge is 2.07. The number of anilines is 2. The smallest absolute Gasteiger partial charge is 0.125 e. The summed E-state index contributed by atoms with van der Waals surface area (Å²) in [6, 6.07) is 11.9. The van der Waals surface area contributed by atoms with Crippen LogP contribution in [0.3, 0.4) is 0 Å². The van der Waals surface area contributed by atoms with E-state index in [0.717, 1.165) is 5.56 Å². The maximum atomic E-state index is 13.2. The predicted molar refractivity (Wildman–Crippen MR) is 74.4 cm³/mol. The summed E-state index contributed by atoms with van der Waals surface area (Å²) in [5, 5.41) is 0.688. The van der Waals surface area contributed by atoms with Crippen molar-refractivity contribution in [3.05, 3.63) is 58.9 Å². The molecule has 0 radical (unpaired) electrons. The molecular formula is C14H14ClFN2. The van der Waals surface area contributed by atoms with Crippen LogP contribution in [0.15, 0.2) is 42.5 Å². The molecule has 2 N–H and O–H groups in total. The van der Waals surface area contributed by atoms with Gasteiger partial charge in [-0.05, 0) is 35.9 Å². The van der Waals surface area contributed by atoms with Gasteiger partial charge in [-0.25, -0.2) is 4.39 Å². The second-order valence-corrected chi connectivity index (χ2v) is 4.63. The van der Waals surface area contributed by atoms with E-state index in [1.807, 2.05) is 36.2 Å². The van der Waals surface area contributed by atoms with Gasteiger partial charge in [-0.2, -0.15) is 0 Å². The number of halogens is 2. The molecule has 0 saturated carbocycles. The Hall–Kier alpha value is -1.74. The Labute approximate surface area is 111 Å². The average molecular weight is 265 g/mol. The molecule has 2 rings (SSSR count). The van der Waals surface area contributed by atoms with Crippen molar-refractivity contribution in [3.8, 4) is 0 Å². The van der Waals surface area contributed by atoms with Gasteiger partial charge in [-0.3, -0.25) is 0 Å². The van der Waals surface area contributed by atoms with Crippen molar-refractivity contribution in [2.75, 3.05) is 17.7 Å². The minimum absolute atomic E-state index is 0.294. The molecular weight excluding hydrogens is 251 g/mol. The summed E-state index contributed by atoms with van der Waals surface area (Å²) in [6.07, 6.45) is 0. The van der Waals surface area contributed by atoms with Crippen molar-refractivity contribution in [2.45, 2.75) is 6.54 Å². The van der Waals surface area contributed by atoms with Crippen molar-refractivity contribution < 1.29 is 4.39 Å². The molecule has 0 aliphatic rings. The van der Waals surface area contributed by atoms with Gasteiger partial charge in [0.2, 0.25) is 0 Å². The van der Waals surface area contributed by atoms with Crippen LogP contribution in [-0.4, -0.2) is 7.05 Å². The van der Waals surface area contributed by atoms with Crippen molar-refractivity contribution in [3.63, 3.8) is 0 Å². The van der Waals surface area contributed by atoms with Crippen molar-refractivity contribution >= 4 is 23.0 Å². The zero-order valence-corrected chi connectivity index (χ0v) is 10.8. The molecule has 2 nitrogen and oxygen atoms in total. The van der Waals surface area contributed by atoms with Gasteiger partial charge in [0.25, 0.3) is 0 Å². The first kappa shape index (κ1) is 12.7. The van der Waals surface area contributed by atoms with Gasteiger partial charge in [0.05, 0.1) is 11.4 Å². The molecule has 0 atom stereocenters. The van der Waals surface area contributed by atoms with Crippen LogP contribution in [0.2, 0.25) is 5.02 Å². The van der Waals surface area contributed by atoms with Crippen LogP contribution in [0.1, 0.15) is 5.56 Å². The quantitative estimate of drug-likeness (QED) is 0.857. The first-order valence-corrected chi connectivity index (χ1v) is 5.94. The summed E-state index contributed by atoms with van der Waals surface area (Å²) in [4.78, 5) is 1.89. The van der Waals surface area contributed by atoms with E-state index in [-0.39, 0.29) is 5.82 Å². The maximum absolute atomic E-state index is 13.2. The Balaban J connectivity index is 2.21. The summed E-state index contributed by atoms with van der Waals surface area (Å²) >= 11 is 5.93. The van der Waals surface area contributed by atoms with E-state index in [1.54, 1.807) is 6.07 Å². The van der Waals surface area contributed by atoms with E-state index in [2.05, 4.69) is 0 Å². The third-order valence-corrected chi connectivity index (χ3v) is 2.95. The van der Waals surface area contributed by atoms with Crippen molar-refractivity contribution in [1.29, 1.82) is 0 Å². The van der Waals surface area contributed by atoms with E-state index in [4.69, 9.17) is 17.3 Å². The molecule has 0 fully saturated rings. The van der Waals surface area contributed by atoms with Crippen molar-refractivity contribution in [2.24, 2.45) is 0 Å². The Bertz CT molecular complexity index is 557. The summed E-state index contributed by atoms with van der Waals surface area (Å²) < 4.78 is 13.2. The maximum Gasteiger partial charge on any atom is 0.125 e. The number of hydrogen-bond donors (Lipinski definition) is 1. The van der Waals surface area contributed by atoms with Crippen LogP contribution in [0, 0.1) is 5.82 Å². The standard InChI is InChI=1S/C14H14ClFN2/c1-18(9-10-3-2-4-11(15)7-10)14-8-12(16)5-6-13(14)17/h2-8H,9,17H2,1H3. The van der Waals surface area contributed by atoms with Gasteiger partial charge in [0, 0.05) is 18.6 Å². The number of nitrogens with zero attached hydrogens (tertiary/aromatic N) is 1. The molecule has 4 heteroatoms. The molecule has 2 aromatic carbocycles. The highest BCUT2D eigenvalue weighted by Crippen LogP contribution is 2.24. The first-order chi connectivity index (χ1) is 8.56. The largest absolute Gasteiger partial charge is 0.397 e. The predicted octanol–water partition coefficient (Wildman–Crippen LogP) is 3.70. The van der Waals surface area contributed by atoms with Gasteiger partial charge in [-0.1, -0.05) is 23.7 Å².